The Morgan fingerprint density at radius 1 is 1.32 bits per heavy atom. The smallest absolute Gasteiger partial charge is 0.122 e. The molecule has 2 rings (SSSR count). The number of thiophene rings is 1. The van der Waals surface area contributed by atoms with Crippen molar-refractivity contribution >= 4 is 27.3 Å². The molecule has 0 spiro atoms. The molecule has 0 aliphatic heterocycles. The Balaban J connectivity index is 1.88. The van der Waals surface area contributed by atoms with E-state index in [9.17, 15) is 0 Å². The number of hydrogen-bond acceptors (Lipinski definition) is 3. The molecule has 1 heterocycles. The van der Waals surface area contributed by atoms with E-state index in [1.54, 1.807) is 11.3 Å². The molecule has 1 aromatic heterocycles. The standard InChI is InChI=1S/C15H18BrNOS/c1-2-13(17)7-11-3-5-14(6-4-11)18-9-15-8-12(16)10-19-15/h3-6,8,10,13H,2,7,9,17H2,1H3. The molecule has 19 heavy (non-hydrogen) atoms. The SMILES string of the molecule is CCC(N)Cc1ccc(OCc2cc(Br)cs2)cc1. The van der Waals surface area contributed by atoms with Gasteiger partial charge in [0, 0.05) is 20.8 Å². The second-order valence-corrected chi connectivity index (χ2v) is 6.45. The van der Waals surface area contributed by atoms with E-state index in [-0.39, 0.29) is 6.04 Å². The lowest BCUT2D eigenvalue weighted by Crippen LogP contribution is -2.21. The summed E-state index contributed by atoms with van der Waals surface area (Å²) in [5.41, 5.74) is 7.21. The Labute approximate surface area is 126 Å². The van der Waals surface area contributed by atoms with Crippen LogP contribution < -0.4 is 10.5 Å². The van der Waals surface area contributed by atoms with Crippen LogP contribution in [-0.4, -0.2) is 6.04 Å². The summed E-state index contributed by atoms with van der Waals surface area (Å²) in [6.45, 7) is 2.73. The zero-order valence-corrected chi connectivity index (χ0v) is 13.3. The lowest BCUT2D eigenvalue weighted by Gasteiger charge is -2.09. The highest BCUT2D eigenvalue weighted by Gasteiger charge is 2.03. The maximum atomic E-state index is 5.95. The third-order valence-electron chi connectivity index (χ3n) is 2.95. The molecule has 0 saturated heterocycles. The Morgan fingerprint density at radius 2 is 2.05 bits per heavy atom. The van der Waals surface area contributed by atoms with Crippen molar-refractivity contribution in [2.75, 3.05) is 0 Å². The Morgan fingerprint density at radius 3 is 2.63 bits per heavy atom. The van der Waals surface area contributed by atoms with Crippen LogP contribution in [0.5, 0.6) is 5.75 Å². The molecule has 102 valence electrons. The minimum absolute atomic E-state index is 0.246. The largest absolute Gasteiger partial charge is 0.488 e. The first-order valence-corrected chi connectivity index (χ1v) is 8.05. The maximum absolute atomic E-state index is 5.95. The van der Waals surface area contributed by atoms with Crippen LogP contribution in [0.3, 0.4) is 0 Å². The Bertz CT molecular complexity index is 509. The van der Waals surface area contributed by atoms with Crippen molar-refractivity contribution in [3.8, 4) is 5.75 Å². The van der Waals surface area contributed by atoms with Gasteiger partial charge in [-0.15, -0.1) is 11.3 Å². The molecule has 0 bridgehead atoms. The van der Waals surface area contributed by atoms with Gasteiger partial charge in [-0.3, -0.25) is 0 Å². The van der Waals surface area contributed by atoms with E-state index >= 15 is 0 Å². The second-order valence-electron chi connectivity index (χ2n) is 4.54. The monoisotopic (exact) mass is 339 g/mol. The van der Waals surface area contributed by atoms with E-state index in [0.717, 1.165) is 23.1 Å². The van der Waals surface area contributed by atoms with Crippen molar-refractivity contribution in [2.24, 2.45) is 5.73 Å². The van der Waals surface area contributed by atoms with Gasteiger partial charge < -0.3 is 10.5 Å². The van der Waals surface area contributed by atoms with E-state index in [2.05, 4.69) is 46.4 Å². The van der Waals surface area contributed by atoms with Crippen LogP contribution in [0.2, 0.25) is 0 Å². The third-order valence-corrected chi connectivity index (χ3v) is 4.62. The summed E-state index contributed by atoms with van der Waals surface area (Å²) in [6.07, 6.45) is 1.93. The highest BCUT2D eigenvalue weighted by atomic mass is 79.9. The fourth-order valence-corrected chi connectivity index (χ4v) is 3.12. The molecule has 2 nitrogen and oxygen atoms in total. The van der Waals surface area contributed by atoms with Gasteiger partial charge in [-0.05, 0) is 52.5 Å². The Kier molecular flexibility index (Phi) is 5.43. The van der Waals surface area contributed by atoms with E-state index < -0.39 is 0 Å². The van der Waals surface area contributed by atoms with E-state index in [4.69, 9.17) is 10.5 Å². The molecule has 0 radical (unpaired) electrons. The average Bonchev–Trinajstić information content (AvgIpc) is 2.83. The minimum atomic E-state index is 0.246. The molecule has 0 amide bonds. The summed E-state index contributed by atoms with van der Waals surface area (Å²) in [5.74, 6) is 0.901. The van der Waals surface area contributed by atoms with Crippen LogP contribution in [-0.2, 0) is 13.0 Å². The van der Waals surface area contributed by atoms with Crippen LogP contribution in [0.15, 0.2) is 40.2 Å². The first-order valence-electron chi connectivity index (χ1n) is 6.37. The zero-order chi connectivity index (χ0) is 13.7. The molecule has 1 atom stereocenters. The molecular formula is C15H18BrNOS. The summed E-state index contributed by atoms with van der Waals surface area (Å²) < 4.78 is 6.86. The molecular weight excluding hydrogens is 322 g/mol. The molecule has 4 heteroatoms. The van der Waals surface area contributed by atoms with Gasteiger partial charge in [0.15, 0.2) is 0 Å². The van der Waals surface area contributed by atoms with Gasteiger partial charge in [-0.2, -0.15) is 0 Å². The summed E-state index contributed by atoms with van der Waals surface area (Å²) >= 11 is 5.14. The quantitative estimate of drug-likeness (QED) is 0.847. The maximum Gasteiger partial charge on any atom is 0.122 e. The molecule has 0 fully saturated rings. The number of ether oxygens (including phenoxy) is 1. The fourth-order valence-electron chi connectivity index (χ4n) is 1.75. The van der Waals surface area contributed by atoms with Crippen molar-refractivity contribution in [3.63, 3.8) is 0 Å². The van der Waals surface area contributed by atoms with Crippen LogP contribution in [0, 0.1) is 0 Å². The molecule has 2 N–H and O–H groups in total. The lowest BCUT2D eigenvalue weighted by atomic mass is 10.0. The van der Waals surface area contributed by atoms with Crippen LogP contribution in [0.25, 0.3) is 0 Å². The van der Waals surface area contributed by atoms with Gasteiger partial charge in [0.1, 0.15) is 12.4 Å². The summed E-state index contributed by atoms with van der Waals surface area (Å²) in [7, 11) is 0. The number of benzene rings is 1. The fraction of sp³-hybridized carbons (Fsp3) is 0.333. The third kappa shape index (κ3) is 4.64. The molecule has 0 aliphatic rings. The normalized spacial score (nSPS) is 12.4. The summed E-state index contributed by atoms with van der Waals surface area (Å²) in [4.78, 5) is 1.21. The van der Waals surface area contributed by atoms with Crippen molar-refractivity contribution in [1.82, 2.24) is 0 Å². The minimum Gasteiger partial charge on any atom is -0.488 e. The number of halogens is 1. The number of nitrogens with two attached hydrogens (primary N) is 1. The highest BCUT2D eigenvalue weighted by Crippen LogP contribution is 2.22. The molecule has 1 unspecified atom stereocenters. The predicted octanol–water partition coefficient (Wildman–Crippen LogP) is 4.37. The average molecular weight is 340 g/mol. The predicted molar refractivity (Wildman–Crippen MR) is 84.8 cm³/mol. The molecule has 0 saturated carbocycles. The molecule has 2 aromatic rings. The van der Waals surface area contributed by atoms with Crippen molar-refractivity contribution in [1.29, 1.82) is 0 Å². The van der Waals surface area contributed by atoms with Gasteiger partial charge in [0.25, 0.3) is 0 Å². The van der Waals surface area contributed by atoms with Gasteiger partial charge in [0.2, 0.25) is 0 Å². The van der Waals surface area contributed by atoms with Crippen LogP contribution in [0.4, 0.5) is 0 Å². The van der Waals surface area contributed by atoms with Crippen molar-refractivity contribution < 1.29 is 4.74 Å². The highest BCUT2D eigenvalue weighted by molar-refractivity contribution is 9.10. The first-order chi connectivity index (χ1) is 9.17. The first kappa shape index (κ1) is 14.6. The van der Waals surface area contributed by atoms with Gasteiger partial charge in [0.05, 0.1) is 0 Å². The summed E-state index contributed by atoms with van der Waals surface area (Å²) in [6, 6.07) is 10.5. The van der Waals surface area contributed by atoms with Gasteiger partial charge in [-0.1, -0.05) is 19.1 Å². The molecule has 1 aromatic carbocycles. The van der Waals surface area contributed by atoms with Crippen molar-refractivity contribution in [2.45, 2.75) is 32.4 Å². The van der Waals surface area contributed by atoms with Crippen molar-refractivity contribution in [3.05, 3.63) is 50.6 Å². The van der Waals surface area contributed by atoms with E-state index in [1.807, 2.05) is 12.1 Å². The summed E-state index contributed by atoms with van der Waals surface area (Å²) in [5, 5.41) is 2.06. The molecule has 0 aliphatic carbocycles. The van der Waals surface area contributed by atoms with E-state index in [1.165, 1.54) is 10.4 Å². The topological polar surface area (TPSA) is 35.2 Å². The second kappa shape index (κ2) is 7.08. The Hall–Kier alpha value is -0.840. The van der Waals surface area contributed by atoms with Gasteiger partial charge >= 0.3 is 0 Å². The number of rotatable bonds is 6. The number of hydrogen-bond donors (Lipinski definition) is 1. The van der Waals surface area contributed by atoms with E-state index in [0.29, 0.717) is 6.61 Å². The van der Waals surface area contributed by atoms with Crippen LogP contribution in [0.1, 0.15) is 23.8 Å². The van der Waals surface area contributed by atoms with Gasteiger partial charge in [-0.25, -0.2) is 0 Å². The van der Waals surface area contributed by atoms with Crippen LogP contribution >= 0.6 is 27.3 Å². The zero-order valence-electron chi connectivity index (χ0n) is 10.9. The lowest BCUT2D eigenvalue weighted by molar-refractivity contribution is 0.309.